The zero-order valence-electron chi connectivity index (χ0n) is 10.3. The normalized spacial score (nSPS) is 12.7. The highest BCUT2D eigenvalue weighted by molar-refractivity contribution is 7.57. The molecular formula is C9H16N3O4P. The number of nitrogens with zero attached hydrogens (tertiary/aromatic N) is 3. The number of imidazole rings is 1. The molecule has 0 saturated carbocycles. The summed E-state index contributed by atoms with van der Waals surface area (Å²) in [4.78, 5) is 13.9. The number of rotatable bonds is 5. The first-order chi connectivity index (χ1) is 7.63. The van der Waals surface area contributed by atoms with Crippen molar-refractivity contribution in [2.45, 2.75) is 19.4 Å². The van der Waals surface area contributed by atoms with Crippen molar-refractivity contribution in [1.29, 1.82) is 0 Å². The third-order valence-corrected chi connectivity index (χ3v) is 2.92. The van der Waals surface area contributed by atoms with Gasteiger partial charge in [-0.2, -0.15) is 0 Å². The highest BCUT2D eigenvalue weighted by atomic mass is 31.2. The summed E-state index contributed by atoms with van der Waals surface area (Å²) in [5.41, 5.74) is -0.680. The second kappa shape index (κ2) is 4.58. The zero-order chi connectivity index (χ0) is 13.3. The van der Waals surface area contributed by atoms with Crippen LogP contribution in [0.1, 0.15) is 13.8 Å². The van der Waals surface area contributed by atoms with Gasteiger partial charge in [-0.05, 0) is 18.8 Å². The van der Waals surface area contributed by atoms with E-state index >= 15 is 0 Å². The Kier molecular flexibility index (Phi) is 3.74. The van der Waals surface area contributed by atoms with E-state index in [4.69, 9.17) is 4.52 Å². The van der Waals surface area contributed by atoms with Gasteiger partial charge in [0.25, 0.3) is 0 Å². The second-order valence-electron chi connectivity index (χ2n) is 4.69. The summed E-state index contributed by atoms with van der Waals surface area (Å²) in [6.45, 7) is 6.65. The second-order valence-corrected chi connectivity index (χ2v) is 7.45. The molecule has 0 spiro atoms. The molecule has 0 amide bonds. The monoisotopic (exact) mass is 261 g/mol. The quantitative estimate of drug-likeness (QED) is 0.460. The fourth-order valence-corrected chi connectivity index (χ4v) is 1.91. The van der Waals surface area contributed by atoms with Crippen LogP contribution in [0.4, 0.5) is 5.95 Å². The molecule has 0 bridgehead atoms. The largest absolute Gasteiger partial charge is 0.435 e. The maximum atomic E-state index is 11.5. The lowest BCUT2D eigenvalue weighted by atomic mass is 10.1. The van der Waals surface area contributed by atoms with Crippen LogP contribution < -0.4 is 0 Å². The molecule has 0 unspecified atom stereocenters. The molecule has 0 aromatic carbocycles. The summed E-state index contributed by atoms with van der Waals surface area (Å²) in [5, 5.41) is 10.8. The SMILES string of the molecule is CC(C)(COP(C)(C)=O)n1ccnc1[N+](=O)[O-]. The van der Waals surface area contributed by atoms with E-state index in [-0.39, 0.29) is 12.6 Å². The summed E-state index contributed by atoms with van der Waals surface area (Å²) in [6, 6.07) is 0. The van der Waals surface area contributed by atoms with Crippen LogP contribution in [0.2, 0.25) is 0 Å². The fourth-order valence-electron chi connectivity index (χ4n) is 1.29. The molecule has 17 heavy (non-hydrogen) atoms. The van der Waals surface area contributed by atoms with E-state index in [1.54, 1.807) is 13.8 Å². The topological polar surface area (TPSA) is 87.3 Å². The predicted octanol–water partition coefficient (Wildman–Crippen LogP) is 2.08. The third-order valence-electron chi connectivity index (χ3n) is 2.17. The average Bonchev–Trinajstić information content (AvgIpc) is 2.62. The maximum absolute atomic E-state index is 11.5. The molecule has 0 fully saturated rings. The molecule has 1 aromatic heterocycles. The van der Waals surface area contributed by atoms with Gasteiger partial charge in [0.2, 0.25) is 0 Å². The van der Waals surface area contributed by atoms with Gasteiger partial charge in [-0.1, -0.05) is 4.98 Å². The van der Waals surface area contributed by atoms with Crippen LogP contribution in [0.3, 0.4) is 0 Å². The summed E-state index contributed by atoms with van der Waals surface area (Å²) in [7, 11) is -2.61. The summed E-state index contributed by atoms with van der Waals surface area (Å²) in [6.07, 6.45) is 2.87. The minimum absolute atomic E-state index is 0.120. The van der Waals surface area contributed by atoms with Gasteiger partial charge in [-0.15, -0.1) is 0 Å². The molecule has 1 rings (SSSR count). The zero-order valence-corrected chi connectivity index (χ0v) is 11.2. The minimum atomic E-state index is -2.61. The fraction of sp³-hybridized carbons (Fsp3) is 0.667. The molecule has 1 heterocycles. The first kappa shape index (κ1) is 13.9. The number of aromatic nitrogens is 2. The van der Waals surface area contributed by atoms with Crippen molar-refractivity contribution in [2.24, 2.45) is 0 Å². The highest BCUT2D eigenvalue weighted by Crippen LogP contribution is 2.39. The molecule has 0 aliphatic heterocycles. The Morgan fingerprint density at radius 2 is 2.18 bits per heavy atom. The molecule has 0 atom stereocenters. The Morgan fingerprint density at radius 3 is 2.65 bits per heavy atom. The Labute approximate surface area is 99.4 Å². The van der Waals surface area contributed by atoms with Crippen LogP contribution in [-0.2, 0) is 14.6 Å². The number of hydrogen-bond acceptors (Lipinski definition) is 5. The Bertz CT molecular complexity index is 463. The van der Waals surface area contributed by atoms with Crippen LogP contribution in [-0.4, -0.2) is 34.4 Å². The van der Waals surface area contributed by atoms with Gasteiger partial charge in [0.1, 0.15) is 17.9 Å². The molecule has 0 saturated heterocycles. The van der Waals surface area contributed by atoms with Gasteiger partial charge >= 0.3 is 5.95 Å². The van der Waals surface area contributed by atoms with Gasteiger partial charge in [0.15, 0.2) is 7.37 Å². The average molecular weight is 261 g/mol. The third kappa shape index (κ3) is 3.64. The van der Waals surface area contributed by atoms with Crippen LogP contribution in [0, 0.1) is 10.1 Å². The van der Waals surface area contributed by atoms with E-state index < -0.39 is 17.8 Å². The summed E-state index contributed by atoms with van der Waals surface area (Å²) in [5.74, 6) is -0.249. The molecule has 7 nitrogen and oxygen atoms in total. The Hall–Kier alpha value is -1.20. The van der Waals surface area contributed by atoms with Crippen molar-refractivity contribution in [1.82, 2.24) is 9.55 Å². The van der Waals surface area contributed by atoms with Crippen LogP contribution >= 0.6 is 7.37 Å². The standard InChI is InChI=1S/C9H16N3O4P/c1-9(2,7-16-17(3,4)15)11-6-5-10-8(11)12(13)14/h5-6H,7H2,1-4H3. The predicted molar refractivity (Wildman–Crippen MR) is 63.6 cm³/mol. The number of hydrogen-bond donors (Lipinski definition) is 0. The Morgan fingerprint density at radius 1 is 1.59 bits per heavy atom. The summed E-state index contributed by atoms with van der Waals surface area (Å²) >= 11 is 0. The highest BCUT2D eigenvalue weighted by Gasteiger charge is 2.31. The van der Waals surface area contributed by atoms with Gasteiger partial charge < -0.3 is 14.6 Å². The van der Waals surface area contributed by atoms with E-state index in [0.29, 0.717) is 0 Å². The van der Waals surface area contributed by atoms with E-state index in [1.165, 1.54) is 30.3 Å². The van der Waals surface area contributed by atoms with Crippen molar-refractivity contribution in [3.63, 3.8) is 0 Å². The van der Waals surface area contributed by atoms with Gasteiger partial charge in [-0.25, -0.2) is 4.57 Å². The van der Waals surface area contributed by atoms with Crippen LogP contribution in [0.25, 0.3) is 0 Å². The number of nitro groups is 1. The molecule has 8 heteroatoms. The van der Waals surface area contributed by atoms with E-state index in [9.17, 15) is 14.7 Å². The molecule has 0 aliphatic carbocycles. The molecular weight excluding hydrogens is 245 g/mol. The van der Waals surface area contributed by atoms with Gasteiger partial charge in [0, 0.05) is 13.3 Å². The molecule has 0 N–H and O–H groups in total. The van der Waals surface area contributed by atoms with Gasteiger partial charge in [0.05, 0.1) is 6.61 Å². The van der Waals surface area contributed by atoms with Crippen LogP contribution in [0.15, 0.2) is 12.4 Å². The first-order valence-corrected chi connectivity index (χ1v) is 7.53. The first-order valence-electron chi connectivity index (χ1n) is 5.01. The molecule has 0 radical (unpaired) electrons. The van der Waals surface area contributed by atoms with Crippen molar-refractivity contribution < 1.29 is 14.0 Å². The molecule has 1 aromatic rings. The van der Waals surface area contributed by atoms with Crippen molar-refractivity contribution >= 4 is 13.3 Å². The van der Waals surface area contributed by atoms with Crippen LogP contribution in [0.5, 0.6) is 0 Å². The van der Waals surface area contributed by atoms with E-state index in [0.717, 1.165) is 0 Å². The van der Waals surface area contributed by atoms with Crippen molar-refractivity contribution in [3.05, 3.63) is 22.5 Å². The van der Waals surface area contributed by atoms with E-state index in [1.807, 2.05) is 0 Å². The Balaban J connectivity index is 2.93. The van der Waals surface area contributed by atoms with E-state index in [2.05, 4.69) is 4.98 Å². The van der Waals surface area contributed by atoms with Gasteiger partial charge in [-0.3, -0.25) is 4.57 Å². The maximum Gasteiger partial charge on any atom is 0.435 e. The molecule has 96 valence electrons. The van der Waals surface area contributed by atoms with Crippen molar-refractivity contribution in [2.75, 3.05) is 19.9 Å². The lowest BCUT2D eigenvalue weighted by molar-refractivity contribution is -0.398. The molecule has 0 aliphatic rings. The van der Waals surface area contributed by atoms with Crippen molar-refractivity contribution in [3.8, 4) is 0 Å². The lowest BCUT2D eigenvalue weighted by Crippen LogP contribution is -2.31. The smallest absolute Gasteiger partial charge is 0.390 e. The lowest BCUT2D eigenvalue weighted by Gasteiger charge is -2.24. The minimum Gasteiger partial charge on any atom is -0.390 e. The summed E-state index contributed by atoms with van der Waals surface area (Å²) < 4.78 is 18.1.